The molecule has 1 heterocycles. The number of nitrogens with one attached hydrogen (secondary N) is 1. The second-order valence-corrected chi connectivity index (χ2v) is 13.0. The SMILES string of the molecule is Cc1c(C)n(Cc2cccc(OC(C)S(C)(=O)=O)c2)c2ccc(C(=O)N[C@@H](C)c3cccc(C(C)C)c3)cc12. The molecule has 0 saturated heterocycles. The second-order valence-electron chi connectivity index (χ2n) is 10.7. The Kier molecular flexibility index (Phi) is 8.21. The van der Waals surface area contributed by atoms with E-state index in [0.29, 0.717) is 23.8 Å². The van der Waals surface area contributed by atoms with Crippen LogP contribution in [0.1, 0.15) is 78.0 Å². The number of carbonyl (C=O) groups is 1. The lowest BCUT2D eigenvalue weighted by Gasteiger charge is -2.17. The molecular weight excluding hydrogens is 508 g/mol. The van der Waals surface area contributed by atoms with Gasteiger partial charge in [-0.25, -0.2) is 8.42 Å². The number of rotatable bonds is 9. The van der Waals surface area contributed by atoms with E-state index in [-0.39, 0.29) is 11.9 Å². The second kappa shape index (κ2) is 11.3. The zero-order valence-corrected chi connectivity index (χ0v) is 24.6. The van der Waals surface area contributed by atoms with Crippen LogP contribution in [0.4, 0.5) is 0 Å². The standard InChI is InChI=1S/C32H38N2O4S/c1-20(2)26-11-9-12-27(17-26)22(4)33-32(35)28-14-15-31-30(18-28)21(3)23(5)34(31)19-25-10-8-13-29(16-25)38-24(6)39(7,36)37/h8-18,20,22,24H,19H2,1-7H3,(H,33,35)/t22-,24?/m0/s1. The Morgan fingerprint density at radius 2 is 1.62 bits per heavy atom. The summed E-state index contributed by atoms with van der Waals surface area (Å²) in [6.45, 7) is 12.6. The Morgan fingerprint density at radius 1 is 0.923 bits per heavy atom. The van der Waals surface area contributed by atoms with Crippen molar-refractivity contribution in [2.24, 2.45) is 0 Å². The summed E-state index contributed by atoms with van der Waals surface area (Å²) in [5.41, 5.74) is 6.31. The fourth-order valence-corrected chi connectivity index (χ4v) is 5.01. The van der Waals surface area contributed by atoms with E-state index in [1.54, 1.807) is 6.07 Å². The van der Waals surface area contributed by atoms with Gasteiger partial charge in [0.05, 0.1) is 6.04 Å². The summed E-state index contributed by atoms with van der Waals surface area (Å²) < 4.78 is 31.5. The largest absolute Gasteiger partial charge is 0.475 e. The molecule has 0 fully saturated rings. The highest BCUT2D eigenvalue weighted by Gasteiger charge is 2.18. The minimum atomic E-state index is -3.31. The number of aryl methyl sites for hydroxylation is 1. The topological polar surface area (TPSA) is 77.4 Å². The van der Waals surface area contributed by atoms with Crippen LogP contribution in [-0.2, 0) is 16.4 Å². The van der Waals surface area contributed by atoms with Crippen molar-refractivity contribution >= 4 is 26.6 Å². The maximum Gasteiger partial charge on any atom is 0.251 e. The molecule has 0 bridgehead atoms. The van der Waals surface area contributed by atoms with E-state index in [9.17, 15) is 13.2 Å². The minimum absolute atomic E-state index is 0.103. The van der Waals surface area contributed by atoms with Crippen molar-refractivity contribution in [1.82, 2.24) is 9.88 Å². The molecule has 0 saturated carbocycles. The molecule has 0 radical (unpaired) electrons. The van der Waals surface area contributed by atoms with Crippen molar-refractivity contribution < 1.29 is 17.9 Å². The van der Waals surface area contributed by atoms with Gasteiger partial charge in [-0.2, -0.15) is 0 Å². The summed E-state index contributed by atoms with van der Waals surface area (Å²) in [6.07, 6.45) is 1.17. The van der Waals surface area contributed by atoms with Gasteiger partial charge in [-0.15, -0.1) is 0 Å². The molecule has 7 heteroatoms. The zero-order chi connectivity index (χ0) is 28.5. The fourth-order valence-electron chi connectivity index (χ4n) is 4.72. The van der Waals surface area contributed by atoms with Gasteiger partial charge < -0.3 is 14.6 Å². The molecule has 2 atom stereocenters. The third kappa shape index (κ3) is 6.36. The molecule has 0 aliphatic heterocycles. The zero-order valence-electron chi connectivity index (χ0n) is 23.8. The van der Waals surface area contributed by atoms with Crippen molar-refractivity contribution in [3.63, 3.8) is 0 Å². The molecule has 1 N–H and O–H groups in total. The maximum atomic E-state index is 13.2. The number of hydrogen-bond donors (Lipinski definition) is 1. The molecule has 1 aromatic heterocycles. The van der Waals surface area contributed by atoms with Gasteiger partial charge in [-0.1, -0.05) is 50.2 Å². The maximum absolute atomic E-state index is 13.2. The number of hydrogen-bond acceptors (Lipinski definition) is 4. The monoisotopic (exact) mass is 546 g/mol. The van der Waals surface area contributed by atoms with Gasteiger partial charge in [-0.05, 0) is 86.2 Å². The predicted molar refractivity (Wildman–Crippen MR) is 158 cm³/mol. The Hall–Kier alpha value is -3.58. The molecule has 1 amide bonds. The van der Waals surface area contributed by atoms with Gasteiger partial charge in [0.1, 0.15) is 5.75 Å². The highest BCUT2D eigenvalue weighted by atomic mass is 32.2. The van der Waals surface area contributed by atoms with Crippen molar-refractivity contribution in [3.05, 3.63) is 100 Å². The first-order chi connectivity index (χ1) is 18.3. The van der Waals surface area contributed by atoms with Gasteiger partial charge in [0.15, 0.2) is 15.3 Å². The van der Waals surface area contributed by atoms with Crippen molar-refractivity contribution in [2.45, 2.75) is 65.5 Å². The lowest BCUT2D eigenvalue weighted by atomic mass is 9.98. The molecular formula is C32H38N2O4S. The van der Waals surface area contributed by atoms with E-state index in [4.69, 9.17) is 4.74 Å². The summed E-state index contributed by atoms with van der Waals surface area (Å²) in [7, 11) is -3.31. The molecule has 6 nitrogen and oxygen atoms in total. The average Bonchev–Trinajstić information content (AvgIpc) is 3.12. The minimum Gasteiger partial charge on any atom is -0.475 e. The Bertz CT molecular complexity index is 1620. The number of nitrogens with zero attached hydrogens (tertiary/aromatic N) is 1. The number of aromatic nitrogens is 1. The summed E-state index contributed by atoms with van der Waals surface area (Å²) in [5.74, 6) is 0.842. The van der Waals surface area contributed by atoms with Crippen LogP contribution < -0.4 is 10.1 Å². The van der Waals surface area contributed by atoms with E-state index in [1.807, 2.05) is 49.4 Å². The van der Waals surface area contributed by atoms with E-state index in [2.05, 4.69) is 55.8 Å². The molecule has 206 valence electrons. The first-order valence-corrected chi connectivity index (χ1v) is 15.2. The third-order valence-corrected chi connectivity index (χ3v) is 8.77. The number of fused-ring (bicyclic) bond motifs is 1. The highest BCUT2D eigenvalue weighted by molar-refractivity contribution is 7.91. The molecule has 39 heavy (non-hydrogen) atoms. The number of carbonyl (C=O) groups excluding carboxylic acids is 1. The Balaban J connectivity index is 1.56. The van der Waals surface area contributed by atoms with Crippen LogP contribution in [0.5, 0.6) is 5.75 Å². The molecule has 0 spiro atoms. The van der Waals surface area contributed by atoms with Crippen molar-refractivity contribution in [1.29, 1.82) is 0 Å². The normalized spacial score (nSPS) is 13.4. The van der Waals surface area contributed by atoms with E-state index < -0.39 is 15.3 Å². The number of sulfone groups is 1. The summed E-state index contributed by atoms with van der Waals surface area (Å²) >= 11 is 0. The van der Waals surface area contributed by atoms with Gasteiger partial charge in [-0.3, -0.25) is 4.79 Å². The van der Waals surface area contributed by atoms with E-state index in [0.717, 1.165) is 33.3 Å². The molecule has 1 unspecified atom stereocenters. The third-order valence-electron chi connectivity index (χ3n) is 7.47. The molecule has 4 rings (SSSR count). The van der Waals surface area contributed by atoms with Crippen LogP contribution >= 0.6 is 0 Å². The predicted octanol–water partition coefficient (Wildman–Crippen LogP) is 6.69. The first kappa shape index (κ1) is 28.4. The van der Waals surface area contributed by atoms with Crippen LogP contribution in [-0.4, -0.2) is 30.6 Å². The quantitative estimate of drug-likeness (QED) is 0.254. The lowest BCUT2D eigenvalue weighted by molar-refractivity contribution is 0.0940. The number of amides is 1. The summed E-state index contributed by atoms with van der Waals surface area (Å²) in [5, 5.41) is 4.19. The molecule has 0 aliphatic rings. The van der Waals surface area contributed by atoms with Crippen molar-refractivity contribution in [2.75, 3.05) is 6.26 Å². The first-order valence-electron chi connectivity index (χ1n) is 13.3. The van der Waals surface area contributed by atoms with Gasteiger partial charge >= 0.3 is 0 Å². The van der Waals surface area contributed by atoms with Crippen LogP contribution in [0.3, 0.4) is 0 Å². The van der Waals surface area contributed by atoms with Gasteiger partial charge in [0.2, 0.25) is 0 Å². The molecule has 0 aliphatic carbocycles. The lowest BCUT2D eigenvalue weighted by Crippen LogP contribution is -2.26. The summed E-state index contributed by atoms with van der Waals surface area (Å²) in [6, 6.07) is 21.6. The Labute approximate surface area is 231 Å². The number of benzene rings is 3. The molecule has 4 aromatic rings. The van der Waals surface area contributed by atoms with Crippen LogP contribution in [0, 0.1) is 13.8 Å². The van der Waals surface area contributed by atoms with Gasteiger partial charge in [0.25, 0.3) is 5.91 Å². The van der Waals surface area contributed by atoms with Crippen LogP contribution in [0.25, 0.3) is 10.9 Å². The van der Waals surface area contributed by atoms with E-state index in [1.165, 1.54) is 18.7 Å². The van der Waals surface area contributed by atoms with Crippen LogP contribution in [0.2, 0.25) is 0 Å². The fraction of sp³-hybridized carbons (Fsp3) is 0.344. The van der Waals surface area contributed by atoms with Crippen molar-refractivity contribution in [3.8, 4) is 5.75 Å². The Morgan fingerprint density at radius 3 is 2.31 bits per heavy atom. The average molecular weight is 547 g/mol. The highest BCUT2D eigenvalue weighted by Crippen LogP contribution is 2.28. The smallest absolute Gasteiger partial charge is 0.251 e. The van der Waals surface area contributed by atoms with Gasteiger partial charge in [0, 0.05) is 35.0 Å². The van der Waals surface area contributed by atoms with E-state index >= 15 is 0 Å². The number of ether oxygens (including phenoxy) is 1. The van der Waals surface area contributed by atoms with Crippen LogP contribution in [0.15, 0.2) is 66.7 Å². The molecule has 3 aromatic carbocycles. The summed E-state index contributed by atoms with van der Waals surface area (Å²) in [4.78, 5) is 13.2.